The first-order valence-corrected chi connectivity index (χ1v) is 5.13. The molecule has 54 valence electrons. The summed E-state index contributed by atoms with van der Waals surface area (Å²) < 4.78 is -0.222. The van der Waals surface area contributed by atoms with Crippen molar-refractivity contribution < 1.29 is 4.79 Å². The third-order valence-electron chi connectivity index (χ3n) is 1.42. The molecule has 0 rings (SSSR count). The molecule has 0 radical (unpaired) electrons. The topological polar surface area (TPSA) is 17.1 Å². The van der Waals surface area contributed by atoms with Crippen molar-refractivity contribution in [2.75, 3.05) is 12.5 Å². The molecule has 0 spiro atoms. The molecule has 0 aliphatic heterocycles. The van der Waals surface area contributed by atoms with Crippen molar-refractivity contribution in [1.29, 1.82) is 0 Å². The van der Waals surface area contributed by atoms with Crippen molar-refractivity contribution in [3.63, 3.8) is 0 Å². The first-order valence-electron chi connectivity index (χ1n) is 2.68. The summed E-state index contributed by atoms with van der Waals surface area (Å²) in [6.07, 6.45) is 3.91. The van der Waals surface area contributed by atoms with Crippen LogP contribution in [-0.2, 0) is 4.79 Å². The molecule has 0 bridgehead atoms. The Hall–Kier alpha value is 0.370. The van der Waals surface area contributed by atoms with Gasteiger partial charge in [0.2, 0.25) is 0 Å². The quantitative estimate of drug-likeness (QED) is 0.594. The second kappa shape index (κ2) is 3.52. The van der Waals surface area contributed by atoms with Crippen LogP contribution in [0, 0.1) is 0 Å². The molecule has 0 fully saturated rings. The summed E-state index contributed by atoms with van der Waals surface area (Å²) in [6, 6.07) is 0. The zero-order chi connectivity index (χ0) is 7.49. The van der Waals surface area contributed by atoms with Crippen LogP contribution in [0.1, 0.15) is 13.8 Å². The van der Waals surface area contributed by atoms with Crippen LogP contribution < -0.4 is 0 Å². The molecule has 0 heterocycles. The van der Waals surface area contributed by atoms with Gasteiger partial charge in [-0.25, -0.2) is 0 Å². The molecule has 0 N–H and O–H groups in total. The fourth-order valence-electron chi connectivity index (χ4n) is 0.371. The molecule has 0 aliphatic carbocycles. The van der Waals surface area contributed by atoms with E-state index in [2.05, 4.69) is 0 Å². The number of carbonyl (C=O) groups excluding carboxylic acids is 1. The number of Topliss-reactive ketones (excluding diaryl/α,β-unsaturated/α-hetero) is 1. The van der Waals surface area contributed by atoms with Gasteiger partial charge in [-0.15, -0.1) is 23.5 Å². The molecular weight excluding hydrogens is 152 g/mol. The SMILES string of the molecule is CSC(C)(SC)C(C)=O. The summed E-state index contributed by atoms with van der Waals surface area (Å²) in [5.41, 5.74) is 0. The Balaban J connectivity index is 4.09. The highest BCUT2D eigenvalue weighted by Crippen LogP contribution is 2.33. The second-order valence-electron chi connectivity index (χ2n) is 1.91. The molecule has 0 aromatic rings. The van der Waals surface area contributed by atoms with Gasteiger partial charge in [0, 0.05) is 0 Å². The van der Waals surface area contributed by atoms with E-state index in [0.717, 1.165) is 0 Å². The molecule has 0 unspecified atom stereocenters. The zero-order valence-corrected chi connectivity index (χ0v) is 7.86. The summed E-state index contributed by atoms with van der Waals surface area (Å²) in [6.45, 7) is 3.58. The van der Waals surface area contributed by atoms with Crippen LogP contribution in [0.25, 0.3) is 0 Å². The molecule has 0 aromatic heterocycles. The molecule has 0 aromatic carbocycles. The van der Waals surface area contributed by atoms with Gasteiger partial charge in [0.15, 0.2) is 5.78 Å². The van der Waals surface area contributed by atoms with Gasteiger partial charge in [-0.3, -0.25) is 4.79 Å². The lowest BCUT2D eigenvalue weighted by atomic mass is 10.3. The normalized spacial score (nSPS) is 11.6. The minimum Gasteiger partial charge on any atom is -0.298 e. The van der Waals surface area contributed by atoms with E-state index in [-0.39, 0.29) is 9.86 Å². The molecule has 0 amide bonds. The molecule has 0 saturated heterocycles. The van der Waals surface area contributed by atoms with E-state index in [1.54, 1.807) is 30.4 Å². The fourth-order valence-corrected chi connectivity index (χ4v) is 1.61. The van der Waals surface area contributed by atoms with E-state index in [1.807, 2.05) is 19.4 Å². The maximum atomic E-state index is 10.9. The van der Waals surface area contributed by atoms with Crippen molar-refractivity contribution in [1.82, 2.24) is 0 Å². The van der Waals surface area contributed by atoms with E-state index in [9.17, 15) is 4.79 Å². The molecular formula is C6H12OS2. The summed E-state index contributed by atoms with van der Waals surface area (Å²) in [4.78, 5) is 10.9. The van der Waals surface area contributed by atoms with Gasteiger partial charge in [-0.1, -0.05) is 0 Å². The van der Waals surface area contributed by atoms with E-state index >= 15 is 0 Å². The first kappa shape index (κ1) is 9.37. The third-order valence-corrected chi connectivity index (χ3v) is 4.55. The number of hydrogen-bond donors (Lipinski definition) is 0. The van der Waals surface area contributed by atoms with Crippen LogP contribution in [0.5, 0.6) is 0 Å². The Bertz CT molecular complexity index is 108. The lowest BCUT2D eigenvalue weighted by Gasteiger charge is -2.20. The standard InChI is InChI=1S/C6H12OS2/c1-5(7)6(2,8-3)9-4/h1-4H3. The van der Waals surface area contributed by atoms with Gasteiger partial charge < -0.3 is 0 Å². The third kappa shape index (κ3) is 2.22. The maximum absolute atomic E-state index is 10.9. The second-order valence-corrected chi connectivity index (χ2v) is 4.62. The Morgan fingerprint density at radius 3 is 1.67 bits per heavy atom. The highest BCUT2D eigenvalue weighted by Gasteiger charge is 2.26. The lowest BCUT2D eigenvalue weighted by molar-refractivity contribution is -0.116. The van der Waals surface area contributed by atoms with Crippen LogP contribution in [0.2, 0.25) is 0 Å². The van der Waals surface area contributed by atoms with Crippen LogP contribution in [-0.4, -0.2) is 22.4 Å². The Labute approximate surface area is 65.0 Å². The van der Waals surface area contributed by atoms with E-state index in [1.165, 1.54) is 0 Å². The average molecular weight is 164 g/mol. The minimum absolute atomic E-state index is 0.222. The van der Waals surface area contributed by atoms with Crippen LogP contribution >= 0.6 is 23.5 Å². The largest absolute Gasteiger partial charge is 0.298 e. The number of hydrogen-bond acceptors (Lipinski definition) is 3. The van der Waals surface area contributed by atoms with Gasteiger partial charge in [-0.05, 0) is 26.4 Å². The highest BCUT2D eigenvalue weighted by molar-refractivity contribution is 8.18. The summed E-state index contributed by atoms with van der Waals surface area (Å²) in [5, 5.41) is 0. The highest BCUT2D eigenvalue weighted by atomic mass is 32.2. The van der Waals surface area contributed by atoms with Gasteiger partial charge in [0.1, 0.15) is 4.08 Å². The minimum atomic E-state index is -0.222. The van der Waals surface area contributed by atoms with Crippen molar-refractivity contribution in [3.05, 3.63) is 0 Å². The average Bonchev–Trinajstić information content (AvgIpc) is 1.86. The number of rotatable bonds is 3. The van der Waals surface area contributed by atoms with Crippen LogP contribution in [0.15, 0.2) is 0 Å². The van der Waals surface area contributed by atoms with Crippen molar-refractivity contribution >= 4 is 29.3 Å². The number of ketones is 1. The molecule has 0 aliphatic rings. The predicted molar refractivity (Wildman–Crippen MR) is 46.1 cm³/mol. The van der Waals surface area contributed by atoms with Crippen molar-refractivity contribution in [2.24, 2.45) is 0 Å². The summed E-state index contributed by atoms with van der Waals surface area (Å²) >= 11 is 3.19. The van der Waals surface area contributed by atoms with Gasteiger partial charge in [0.25, 0.3) is 0 Å². The van der Waals surface area contributed by atoms with Crippen LogP contribution in [0.3, 0.4) is 0 Å². The maximum Gasteiger partial charge on any atom is 0.155 e. The monoisotopic (exact) mass is 164 g/mol. The Morgan fingerprint density at radius 2 is 1.67 bits per heavy atom. The smallest absolute Gasteiger partial charge is 0.155 e. The number of thioether (sulfide) groups is 2. The Morgan fingerprint density at radius 1 is 1.33 bits per heavy atom. The molecule has 1 nitrogen and oxygen atoms in total. The lowest BCUT2D eigenvalue weighted by Crippen LogP contribution is -2.23. The van der Waals surface area contributed by atoms with Gasteiger partial charge in [-0.2, -0.15) is 0 Å². The fraction of sp³-hybridized carbons (Fsp3) is 0.833. The van der Waals surface area contributed by atoms with E-state index in [4.69, 9.17) is 0 Å². The number of carbonyl (C=O) groups is 1. The summed E-state index contributed by atoms with van der Waals surface area (Å²) in [7, 11) is 0. The zero-order valence-electron chi connectivity index (χ0n) is 6.22. The predicted octanol–water partition coefficient (Wildman–Crippen LogP) is 2.02. The molecule has 0 atom stereocenters. The summed E-state index contributed by atoms with van der Waals surface area (Å²) in [5.74, 6) is 0.238. The molecule has 9 heavy (non-hydrogen) atoms. The van der Waals surface area contributed by atoms with Crippen molar-refractivity contribution in [2.45, 2.75) is 17.9 Å². The first-order chi connectivity index (χ1) is 4.06. The van der Waals surface area contributed by atoms with Crippen LogP contribution in [0.4, 0.5) is 0 Å². The molecule has 0 saturated carbocycles. The van der Waals surface area contributed by atoms with E-state index in [0.29, 0.717) is 0 Å². The van der Waals surface area contributed by atoms with E-state index < -0.39 is 0 Å². The Kier molecular flexibility index (Phi) is 3.66. The molecule has 3 heteroatoms. The van der Waals surface area contributed by atoms with Crippen molar-refractivity contribution in [3.8, 4) is 0 Å². The van der Waals surface area contributed by atoms with Gasteiger partial charge >= 0.3 is 0 Å². The van der Waals surface area contributed by atoms with Gasteiger partial charge in [0.05, 0.1) is 0 Å².